The summed E-state index contributed by atoms with van der Waals surface area (Å²) in [6, 6.07) is 4.42. The minimum absolute atomic E-state index is 0.256. The molecule has 1 aromatic heterocycles. The van der Waals surface area contributed by atoms with Gasteiger partial charge in [0.2, 0.25) is 6.33 Å². The molecule has 118 valence electrons. The Morgan fingerprint density at radius 1 is 1.27 bits per heavy atom. The van der Waals surface area contributed by atoms with E-state index in [9.17, 15) is 0 Å². The molecule has 0 bridgehead atoms. The Labute approximate surface area is 133 Å². The van der Waals surface area contributed by atoms with Crippen molar-refractivity contribution < 1.29 is 9.30 Å². The Kier molecular flexibility index (Phi) is 4.51. The number of aromatic nitrogens is 2. The molecule has 0 spiro atoms. The van der Waals surface area contributed by atoms with Crippen LogP contribution >= 0.6 is 0 Å². The summed E-state index contributed by atoms with van der Waals surface area (Å²) in [5, 5.41) is 0. The fourth-order valence-electron chi connectivity index (χ4n) is 3.33. The van der Waals surface area contributed by atoms with Gasteiger partial charge in [0, 0.05) is 12.0 Å². The molecule has 0 fully saturated rings. The van der Waals surface area contributed by atoms with Gasteiger partial charge in [-0.1, -0.05) is 19.4 Å². The Morgan fingerprint density at radius 3 is 2.95 bits per heavy atom. The molecule has 0 saturated heterocycles. The Bertz CT molecular complexity index is 645. The van der Waals surface area contributed by atoms with Crippen LogP contribution in [0.2, 0.25) is 0 Å². The zero-order valence-corrected chi connectivity index (χ0v) is 14.0. The van der Waals surface area contributed by atoms with Crippen molar-refractivity contribution in [3.8, 4) is 5.75 Å². The zero-order valence-electron chi connectivity index (χ0n) is 14.0. The molecule has 0 amide bonds. The van der Waals surface area contributed by atoms with E-state index in [1.165, 1.54) is 36.0 Å². The molecule has 3 heteroatoms. The third-order valence-corrected chi connectivity index (χ3v) is 4.48. The Balaban J connectivity index is 1.60. The van der Waals surface area contributed by atoms with Gasteiger partial charge < -0.3 is 4.74 Å². The lowest BCUT2D eigenvalue weighted by atomic mass is 10.0. The van der Waals surface area contributed by atoms with Gasteiger partial charge in [-0.05, 0) is 43.9 Å². The molecule has 2 heterocycles. The topological polar surface area (TPSA) is 18.0 Å². The molecule has 1 aromatic carbocycles. The molecule has 1 aliphatic heterocycles. The van der Waals surface area contributed by atoms with Crippen LogP contribution in [0.5, 0.6) is 5.75 Å². The summed E-state index contributed by atoms with van der Waals surface area (Å²) in [5.41, 5.74) is 4.03. The maximum atomic E-state index is 6.15. The Morgan fingerprint density at radius 2 is 2.14 bits per heavy atom. The highest BCUT2D eigenvalue weighted by atomic mass is 16.5. The van der Waals surface area contributed by atoms with Crippen molar-refractivity contribution in [3.63, 3.8) is 0 Å². The number of nitrogens with zero attached hydrogens (tertiary/aromatic N) is 2. The number of imidazole rings is 1. The SMILES string of the molecule is CCCCCn1cc[n+](CC2Cc3c(C)cc(C)cc3O2)c1. The van der Waals surface area contributed by atoms with Gasteiger partial charge in [-0.2, -0.15) is 0 Å². The van der Waals surface area contributed by atoms with Crippen LogP contribution in [0.1, 0.15) is 42.9 Å². The highest BCUT2D eigenvalue weighted by Gasteiger charge is 2.26. The minimum atomic E-state index is 0.256. The molecule has 22 heavy (non-hydrogen) atoms. The maximum Gasteiger partial charge on any atom is 0.243 e. The van der Waals surface area contributed by atoms with Gasteiger partial charge in [0.25, 0.3) is 0 Å². The molecular formula is C19H27N2O+. The summed E-state index contributed by atoms with van der Waals surface area (Å²) < 4.78 is 10.7. The molecule has 3 nitrogen and oxygen atoms in total. The maximum absolute atomic E-state index is 6.15. The van der Waals surface area contributed by atoms with Gasteiger partial charge in [-0.15, -0.1) is 0 Å². The van der Waals surface area contributed by atoms with E-state index in [4.69, 9.17) is 4.74 Å². The first-order valence-corrected chi connectivity index (χ1v) is 8.47. The van der Waals surface area contributed by atoms with Crippen LogP contribution in [0.25, 0.3) is 0 Å². The van der Waals surface area contributed by atoms with E-state index in [0.717, 1.165) is 25.3 Å². The van der Waals surface area contributed by atoms with Crippen molar-refractivity contribution >= 4 is 0 Å². The molecule has 1 unspecified atom stereocenters. The van der Waals surface area contributed by atoms with E-state index in [-0.39, 0.29) is 6.10 Å². The zero-order chi connectivity index (χ0) is 15.5. The van der Waals surface area contributed by atoms with Gasteiger partial charge in [0.15, 0.2) is 0 Å². The molecule has 2 aromatic rings. The number of fused-ring (bicyclic) bond motifs is 1. The second kappa shape index (κ2) is 6.55. The fraction of sp³-hybridized carbons (Fsp3) is 0.526. The number of rotatable bonds is 6. The van der Waals surface area contributed by atoms with Crippen LogP contribution in [-0.2, 0) is 19.5 Å². The summed E-state index contributed by atoms with van der Waals surface area (Å²) in [7, 11) is 0. The number of ether oxygens (including phenoxy) is 1. The quantitative estimate of drug-likeness (QED) is 0.589. The summed E-state index contributed by atoms with van der Waals surface area (Å²) in [6.07, 6.45) is 11.7. The first-order valence-electron chi connectivity index (χ1n) is 8.47. The number of hydrogen-bond donors (Lipinski definition) is 0. The number of aryl methyl sites for hydroxylation is 3. The lowest BCUT2D eigenvalue weighted by molar-refractivity contribution is -0.702. The van der Waals surface area contributed by atoms with Crippen molar-refractivity contribution in [3.05, 3.63) is 47.5 Å². The van der Waals surface area contributed by atoms with E-state index in [1.54, 1.807) is 0 Å². The van der Waals surface area contributed by atoms with Crippen molar-refractivity contribution in [2.75, 3.05) is 0 Å². The fourth-order valence-corrected chi connectivity index (χ4v) is 3.33. The summed E-state index contributed by atoms with van der Waals surface area (Å²) >= 11 is 0. The largest absolute Gasteiger partial charge is 0.486 e. The highest BCUT2D eigenvalue weighted by molar-refractivity contribution is 5.45. The summed E-state index contributed by atoms with van der Waals surface area (Å²) in [4.78, 5) is 0. The Hall–Kier alpha value is -1.77. The third-order valence-electron chi connectivity index (χ3n) is 4.48. The second-order valence-corrected chi connectivity index (χ2v) is 6.56. The molecule has 0 aliphatic carbocycles. The monoisotopic (exact) mass is 299 g/mol. The van der Waals surface area contributed by atoms with Crippen molar-refractivity contribution in [2.24, 2.45) is 0 Å². The van der Waals surface area contributed by atoms with E-state index in [0.29, 0.717) is 0 Å². The smallest absolute Gasteiger partial charge is 0.243 e. The molecule has 0 N–H and O–H groups in total. The van der Waals surface area contributed by atoms with Gasteiger partial charge in [0.05, 0.1) is 6.54 Å². The third kappa shape index (κ3) is 3.34. The van der Waals surface area contributed by atoms with Crippen LogP contribution in [0.3, 0.4) is 0 Å². The van der Waals surface area contributed by atoms with E-state index >= 15 is 0 Å². The molecule has 1 aliphatic rings. The number of hydrogen-bond acceptors (Lipinski definition) is 1. The average molecular weight is 299 g/mol. The minimum Gasteiger partial charge on any atom is -0.486 e. The van der Waals surface area contributed by atoms with Crippen LogP contribution in [0, 0.1) is 13.8 Å². The first-order chi connectivity index (χ1) is 10.7. The van der Waals surface area contributed by atoms with E-state index in [2.05, 4.69) is 60.8 Å². The van der Waals surface area contributed by atoms with E-state index < -0.39 is 0 Å². The number of benzene rings is 1. The summed E-state index contributed by atoms with van der Waals surface area (Å²) in [6.45, 7) is 8.61. The molecular weight excluding hydrogens is 272 g/mol. The highest BCUT2D eigenvalue weighted by Crippen LogP contribution is 2.32. The van der Waals surface area contributed by atoms with Crippen molar-refractivity contribution in [1.82, 2.24) is 4.57 Å². The van der Waals surface area contributed by atoms with Gasteiger partial charge >= 0.3 is 0 Å². The predicted octanol–water partition coefficient (Wildman–Crippen LogP) is 3.59. The average Bonchev–Trinajstić information content (AvgIpc) is 3.06. The van der Waals surface area contributed by atoms with Crippen LogP contribution in [-0.4, -0.2) is 10.7 Å². The van der Waals surface area contributed by atoms with Crippen molar-refractivity contribution in [2.45, 2.75) is 65.6 Å². The number of unbranched alkanes of at least 4 members (excludes halogenated alkanes) is 2. The molecule has 3 rings (SSSR count). The van der Waals surface area contributed by atoms with Gasteiger partial charge in [0.1, 0.15) is 30.8 Å². The van der Waals surface area contributed by atoms with E-state index in [1.807, 2.05) is 0 Å². The normalized spacial score (nSPS) is 16.6. The van der Waals surface area contributed by atoms with Crippen molar-refractivity contribution in [1.29, 1.82) is 0 Å². The van der Waals surface area contributed by atoms with Crippen LogP contribution < -0.4 is 9.30 Å². The summed E-state index contributed by atoms with van der Waals surface area (Å²) in [5.74, 6) is 1.09. The first kappa shape index (κ1) is 15.1. The standard InChI is InChI=1S/C19H27N2O/c1-4-5-6-7-20-8-9-21(14-20)13-17-12-18-16(3)10-15(2)11-19(18)22-17/h8-11,14,17H,4-7,12-13H2,1-3H3/q+1. The van der Waals surface area contributed by atoms with Crippen LogP contribution in [0.4, 0.5) is 0 Å². The van der Waals surface area contributed by atoms with Crippen LogP contribution in [0.15, 0.2) is 30.9 Å². The lowest BCUT2D eigenvalue weighted by Crippen LogP contribution is -2.39. The molecule has 0 saturated carbocycles. The second-order valence-electron chi connectivity index (χ2n) is 6.56. The van der Waals surface area contributed by atoms with Gasteiger partial charge in [-0.3, -0.25) is 0 Å². The van der Waals surface area contributed by atoms with Gasteiger partial charge in [-0.25, -0.2) is 9.13 Å². The lowest BCUT2D eigenvalue weighted by Gasteiger charge is -2.07. The molecule has 0 radical (unpaired) electrons. The predicted molar refractivity (Wildman–Crippen MR) is 88.2 cm³/mol. The molecule has 1 atom stereocenters.